The van der Waals surface area contributed by atoms with Crippen LogP contribution in [0, 0.1) is 13.8 Å². The van der Waals surface area contributed by atoms with E-state index in [9.17, 15) is 4.79 Å². The first-order valence-electron chi connectivity index (χ1n) is 9.28. The summed E-state index contributed by atoms with van der Waals surface area (Å²) in [6, 6.07) is 0.535. The Morgan fingerprint density at radius 3 is 2.62 bits per heavy atom. The topological polar surface area (TPSA) is 72.3 Å². The molecule has 0 unspecified atom stereocenters. The molecule has 1 fully saturated rings. The molecule has 3 heterocycles. The number of nitrogens with one attached hydrogen (secondary N) is 1. The minimum absolute atomic E-state index is 0.233. The third-order valence-electron chi connectivity index (χ3n) is 5.56. The van der Waals surface area contributed by atoms with Crippen molar-refractivity contribution in [2.45, 2.75) is 45.6 Å². The van der Waals surface area contributed by atoms with Crippen LogP contribution >= 0.6 is 0 Å². The zero-order valence-electron chi connectivity index (χ0n) is 16.4. The van der Waals surface area contributed by atoms with Gasteiger partial charge in [-0.1, -0.05) is 0 Å². The summed E-state index contributed by atoms with van der Waals surface area (Å²) < 4.78 is 7.16. The van der Waals surface area contributed by atoms with E-state index >= 15 is 0 Å². The van der Waals surface area contributed by atoms with E-state index in [2.05, 4.69) is 17.3 Å². The molecule has 1 aliphatic heterocycles. The number of methoxy groups -OCH3 is 1. The highest BCUT2D eigenvalue weighted by Crippen LogP contribution is 2.30. The summed E-state index contributed by atoms with van der Waals surface area (Å²) in [6.07, 6.45) is 3.27. The van der Waals surface area contributed by atoms with Crippen LogP contribution in [-0.2, 0) is 18.3 Å². The zero-order valence-corrected chi connectivity index (χ0v) is 16.4. The van der Waals surface area contributed by atoms with Gasteiger partial charge in [0.25, 0.3) is 0 Å². The van der Waals surface area contributed by atoms with Crippen molar-refractivity contribution in [1.82, 2.24) is 25.0 Å². The standard InChI is InChI=1S/C19H29N5O2/c1-12-15(6-7-16(25)24-10-8-14(20-3)9-11-24)13(2)21-18-17(12)19(26-5)22-23(18)4/h14,20H,6-11H2,1-5H3. The van der Waals surface area contributed by atoms with Crippen LogP contribution in [0.3, 0.4) is 0 Å². The van der Waals surface area contributed by atoms with Crippen LogP contribution in [0.25, 0.3) is 11.0 Å². The first-order valence-corrected chi connectivity index (χ1v) is 9.28. The molecule has 0 atom stereocenters. The number of likely N-dealkylation sites (tertiary alicyclic amines) is 1. The largest absolute Gasteiger partial charge is 0.479 e. The number of pyridine rings is 1. The number of rotatable bonds is 5. The summed E-state index contributed by atoms with van der Waals surface area (Å²) in [4.78, 5) is 19.3. The third kappa shape index (κ3) is 3.40. The first kappa shape index (κ1) is 18.6. The fourth-order valence-electron chi connectivity index (χ4n) is 3.91. The lowest BCUT2D eigenvalue weighted by molar-refractivity contribution is -0.132. The number of hydrogen-bond acceptors (Lipinski definition) is 5. The van der Waals surface area contributed by atoms with Gasteiger partial charge in [-0.3, -0.25) is 4.79 Å². The van der Waals surface area contributed by atoms with Gasteiger partial charge in [0.15, 0.2) is 5.65 Å². The molecule has 0 aliphatic carbocycles. The molecule has 142 valence electrons. The van der Waals surface area contributed by atoms with E-state index in [1.165, 1.54) is 0 Å². The number of nitrogens with zero attached hydrogens (tertiary/aromatic N) is 4. The van der Waals surface area contributed by atoms with E-state index in [1.807, 2.05) is 25.9 Å². The fourth-order valence-corrected chi connectivity index (χ4v) is 3.91. The second kappa shape index (κ2) is 7.61. The van der Waals surface area contributed by atoms with Crippen molar-refractivity contribution in [1.29, 1.82) is 0 Å². The number of aromatic nitrogens is 3. The van der Waals surface area contributed by atoms with Crippen molar-refractivity contribution in [2.75, 3.05) is 27.2 Å². The lowest BCUT2D eigenvalue weighted by Gasteiger charge is -2.32. The molecule has 7 heteroatoms. The maximum Gasteiger partial charge on any atom is 0.242 e. The van der Waals surface area contributed by atoms with E-state index in [0.717, 1.165) is 53.8 Å². The first-order chi connectivity index (χ1) is 12.5. The van der Waals surface area contributed by atoms with Gasteiger partial charge in [-0.15, -0.1) is 5.10 Å². The number of carbonyl (C=O) groups is 1. The normalized spacial score (nSPS) is 15.7. The minimum atomic E-state index is 0.233. The van der Waals surface area contributed by atoms with Gasteiger partial charge in [0.05, 0.1) is 12.5 Å². The number of fused-ring (bicyclic) bond motifs is 1. The molecule has 26 heavy (non-hydrogen) atoms. The average Bonchev–Trinajstić information content (AvgIpc) is 2.97. The Hall–Kier alpha value is -2.15. The van der Waals surface area contributed by atoms with Crippen molar-refractivity contribution in [2.24, 2.45) is 7.05 Å². The summed E-state index contributed by atoms with van der Waals surface area (Å²) in [5.41, 5.74) is 4.02. The number of hydrogen-bond donors (Lipinski definition) is 1. The van der Waals surface area contributed by atoms with Crippen molar-refractivity contribution in [3.63, 3.8) is 0 Å². The summed E-state index contributed by atoms with van der Waals surface area (Å²) in [5.74, 6) is 0.825. The lowest BCUT2D eigenvalue weighted by atomic mass is 9.99. The molecule has 0 bridgehead atoms. The molecule has 0 saturated carbocycles. The van der Waals surface area contributed by atoms with Crippen molar-refractivity contribution in [3.05, 3.63) is 16.8 Å². The lowest BCUT2D eigenvalue weighted by Crippen LogP contribution is -2.44. The molecule has 7 nitrogen and oxygen atoms in total. The molecule has 1 saturated heterocycles. The monoisotopic (exact) mass is 359 g/mol. The molecule has 0 radical (unpaired) electrons. The fraction of sp³-hybridized carbons (Fsp3) is 0.632. The van der Waals surface area contributed by atoms with Gasteiger partial charge in [-0.25, -0.2) is 9.67 Å². The smallest absolute Gasteiger partial charge is 0.242 e. The Morgan fingerprint density at radius 1 is 1.31 bits per heavy atom. The SMILES string of the molecule is CNC1CCN(C(=O)CCc2c(C)nc3c(c(OC)nn3C)c2C)CC1. The van der Waals surface area contributed by atoms with Gasteiger partial charge < -0.3 is 15.0 Å². The predicted octanol–water partition coefficient (Wildman–Crippen LogP) is 1.74. The zero-order chi connectivity index (χ0) is 18.8. The highest BCUT2D eigenvalue weighted by molar-refractivity contribution is 5.86. The van der Waals surface area contributed by atoms with Crippen LogP contribution < -0.4 is 10.1 Å². The predicted molar refractivity (Wildman–Crippen MR) is 102 cm³/mol. The molecular formula is C19H29N5O2. The van der Waals surface area contributed by atoms with Crippen LogP contribution in [0.1, 0.15) is 36.1 Å². The van der Waals surface area contributed by atoms with E-state index in [1.54, 1.807) is 11.8 Å². The minimum Gasteiger partial charge on any atom is -0.479 e. The molecule has 1 N–H and O–H groups in total. The highest BCUT2D eigenvalue weighted by atomic mass is 16.5. The van der Waals surface area contributed by atoms with Crippen molar-refractivity contribution >= 4 is 16.9 Å². The average molecular weight is 359 g/mol. The summed E-state index contributed by atoms with van der Waals surface area (Å²) in [5, 5.41) is 8.63. The van der Waals surface area contributed by atoms with Gasteiger partial charge in [-0.05, 0) is 51.3 Å². The Bertz CT molecular complexity index is 806. The quantitative estimate of drug-likeness (QED) is 0.880. The van der Waals surface area contributed by atoms with Crippen LogP contribution in [0.5, 0.6) is 5.88 Å². The molecule has 2 aromatic rings. The van der Waals surface area contributed by atoms with Gasteiger partial charge >= 0.3 is 0 Å². The van der Waals surface area contributed by atoms with Crippen LogP contribution in [-0.4, -0.2) is 58.9 Å². The second-order valence-corrected chi connectivity index (χ2v) is 7.08. The van der Waals surface area contributed by atoms with Gasteiger partial charge in [0.2, 0.25) is 11.8 Å². The van der Waals surface area contributed by atoms with Crippen LogP contribution in [0.2, 0.25) is 0 Å². The van der Waals surface area contributed by atoms with Gasteiger partial charge in [0.1, 0.15) is 0 Å². The Morgan fingerprint density at radius 2 is 2.00 bits per heavy atom. The number of aryl methyl sites for hydroxylation is 3. The maximum absolute atomic E-state index is 12.6. The van der Waals surface area contributed by atoms with E-state index < -0.39 is 0 Å². The van der Waals surface area contributed by atoms with Gasteiger partial charge in [-0.2, -0.15) is 0 Å². The molecule has 0 aromatic carbocycles. The van der Waals surface area contributed by atoms with Crippen LogP contribution in [0.15, 0.2) is 0 Å². The third-order valence-corrected chi connectivity index (χ3v) is 5.56. The maximum atomic E-state index is 12.6. The molecule has 1 amide bonds. The molecular weight excluding hydrogens is 330 g/mol. The van der Waals surface area contributed by atoms with Crippen LogP contribution in [0.4, 0.5) is 0 Å². The molecule has 2 aromatic heterocycles. The van der Waals surface area contributed by atoms with Crippen molar-refractivity contribution < 1.29 is 9.53 Å². The number of piperidine rings is 1. The summed E-state index contributed by atoms with van der Waals surface area (Å²) in [7, 11) is 5.48. The Labute approximate surface area is 154 Å². The molecule has 3 rings (SSSR count). The Balaban J connectivity index is 1.76. The second-order valence-electron chi connectivity index (χ2n) is 7.08. The number of carbonyl (C=O) groups excluding carboxylic acids is 1. The van der Waals surface area contributed by atoms with E-state index in [0.29, 0.717) is 24.8 Å². The molecule has 0 spiro atoms. The number of ether oxygens (including phenoxy) is 1. The van der Waals surface area contributed by atoms with Gasteiger partial charge in [0, 0.05) is 38.3 Å². The number of amides is 1. The Kier molecular flexibility index (Phi) is 5.46. The summed E-state index contributed by atoms with van der Waals surface area (Å²) in [6.45, 7) is 5.76. The highest BCUT2D eigenvalue weighted by Gasteiger charge is 2.23. The van der Waals surface area contributed by atoms with Crippen molar-refractivity contribution in [3.8, 4) is 5.88 Å². The molecule has 1 aliphatic rings. The van der Waals surface area contributed by atoms with E-state index in [-0.39, 0.29) is 5.91 Å². The summed E-state index contributed by atoms with van der Waals surface area (Å²) >= 11 is 0. The van der Waals surface area contributed by atoms with E-state index in [4.69, 9.17) is 9.72 Å².